The van der Waals surface area contributed by atoms with Crippen LogP contribution in [0.3, 0.4) is 0 Å². The Morgan fingerprint density at radius 2 is 1.48 bits per heavy atom. The largest absolute Gasteiger partial charge is 0.324 e. The Hall–Kier alpha value is -2.71. The van der Waals surface area contributed by atoms with Crippen LogP contribution >= 0.6 is 0 Å². The zero-order chi connectivity index (χ0) is 18.6. The number of amides is 2. The molecule has 0 unspecified atom stereocenters. The number of rotatable bonds is 4. The van der Waals surface area contributed by atoms with Gasteiger partial charge in [0.25, 0.3) is 10.0 Å². The molecule has 2 aromatic rings. The number of hydrogen-bond acceptors (Lipinski definition) is 4. The lowest BCUT2D eigenvalue weighted by molar-refractivity contribution is -0.136. The van der Waals surface area contributed by atoms with Gasteiger partial charge in [-0.25, -0.2) is 8.42 Å². The van der Waals surface area contributed by atoms with E-state index in [0.717, 1.165) is 16.7 Å². The quantitative estimate of drug-likeness (QED) is 0.568. The molecule has 25 heavy (non-hydrogen) atoms. The van der Waals surface area contributed by atoms with Crippen LogP contribution in [0.15, 0.2) is 47.4 Å². The average Bonchev–Trinajstić information content (AvgIpc) is 2.57. The second-order valence-electron chi connectivity index (χ2n) is 5.63. The molecule has 0 aliphatic rings. The Labute approximate surface area is 146 Å². The summed E-state index contributed by atoms with van der Waals surface area (Å²) in [6.07, 6.45) is 0. The van der Waals surface area contributed by atoms with Crippen LogP contribution in [0.1, 0.15) is 16.7 Å². The highest BCUT2D eigenvalue weighted by Crippen LogP contribution is 2.14. The third kappa shape index (κ3) is 4.88. The molecule has 0 spiro atoms. The first kappa shape index (κ1) is 18.6. The molecule has 0 aliphatic heterocycles. The van der Waals surface area contributed by atoms with E-state index in [1.165, 1.54) is 12.1 Å². The number of carbonyl (C=O) groups is 2. The Kier molecular flexibility index (Phi) is 5.55. The Morgan fingerprint density at radius 3 is 2.08 bits per heavy atom. The first-order chi connectivity index (χ1) is 11.7. The van der Waals surface area contributed by atoms with Crippen molar-refractivity contribution in [3.05, 3.63) is 59.2 Å². The summed E-state index contributed by atoms with van der Waals surface area (Å²) in [5, 5.41) is 2.38. The normalized spacial score (nSPS) is 11.0. The van der Waals surface area contributed by atoms with Gasteiger partial charge in [-0.15, -0.1) is 4.83 Å². The van der Waals surface area contributed by atoms with E-state index in [0.29, 0.717) is 5.69 Å². The fourth-order valence-electron chi connectivity index (χ4n) is 1.94. The maximum absolute atomic E-state index is 12.2. The first-order valence-corrected chi connectivity index (χ1v) is 8.94. The summed E-state index contributed by atoms with van der Waals surface area (Å²) in [5.41, 5.74) is 5.08. The summed E-state index contributed by atoms with van der Waals surface area (Å²) in [7, 11) is -3.97. The molecule has 132 valence electrons. The molecule has 0 saturated heterocycles. The maximum atomic E-state index is 12.2. The second kappa shape index (κ2) is 7.45. The molecule has 2 amide bonds. The van der Waals surface area contributed by atoms with Gasteiger partial charge in [-0.1, -0.05) is 23.8 Å². The van der Waals surface area contributed by atoms with E-state index < -0.39 is 21.8 Å². The smallest absolute Gasteiger partial charge is 0.318 e. The molecule has 0 heterocycles. The van der Waals surface area contributed by atoms with Crippen molar-refractivity contribution in [3.63, 3.8) is 0 Å². The highest BCUT2D eigenvalue weighted by molar-refractivity contribution is 7.89. The monoisotopic (exact) mass is 361 g/mol. The molecular weight excluding hydrogens is 342 g/mol. The molecule has 2 rings (SSSR count). The van der Waals surface area contributed by atoms with Crippen molar-refractivity contribution in [1.82, 2.24) is 10.3 Å². The minimum atomic E-state index is -3.97. The number of nitrogens with one attached hydrogen (secondary N) is 3. The Bertz CT molecular complexity index is 906. The molecule has 0 atom stereocenters. The molecule has 7 nitrogen and oxygen atoms in total. The van der Waals surface area contributed by atoms with Crippen LogP contribution in [0.25, 0.3) is 0 Å². The van der Waals surface area contributed by atoms with Gasteiger partial charge in [-0.3, -0.25) is 15.0 Å². The van der Waals surface area contributed by atoms with E-state index >= 15 is 0 Å². The first-order valence-electron chi connectivity index (χ1n) is 7.46. The van der Waals surface area contributed by atoms with Crippen molar-refractivity contribution in [2.75, 3.05) is 5.32 Å². The van der Waals surface area contributed by atoms with Crippen molar-refractivity contribution in [3.8, 4) is 0 Å². The van der Waals surface area contributed by atoms with Gasteiger partial charge in [0.2, 0.25) is 0 Å². The number of carbonyl (C=O) groups excluding carboxylic acids is 2. The van der Waals surface area contributed by atoms with Gasteiger partial charge in [0.1, 0.15) is 0 Å². The van der Waals surface area contributed by atoms with E-state index in [9.17, 15) is 18.0 Å². The molecule has 0 bridgehead atoms. The second-order valence-corrected chi connectivity index (χ2v) is 7.31. The van der Waals surface area contributed by atoms with E-state index in [-0.39, 0.29) is 4.90 Å². The van der Waals surface area contributed by atoms with Crippen LogP contribution in [-0.4, -0.2) is 20.2 Å². The zero-order valence-electron chi connectivity index (χ0n) is 14.1. The predicted octanol–water partition coefficient (Wildman–Crippen LogP) is 1.56. The third-order valence-corrected chi connectivity index (χ3v) is 4.85. The minimum Gasteiger partial charge on any atom is -0.318 e. The van der Waals surface area contributed by atoms with Gasteiger partial charge >= 0.3 is 11.8 Å². The van der Waals surface area contributed by atoms with Crippen LogP contribution in [0.4, 0.5) is 5.69 Å². The topological polar surface area (TPSA) is 104 Å². The van der Waals surface area contributed by atoms with Gasteiger partial charge in [0, 0.05) is 5.69 Å². The molecule has 0 fully saturated rings. The number of hydrazine groups is 1. The molecule has 0 aliphatic carbocycles. The highest BCUT2D eigenvalue weighted by atomic mass is 32.2. The lowest BCUT2D eigenvalue weighted by atomic mass is 10.1. The van der Waals surface area contributed by atoms with Crippen LogP contribution in [0.5, 0.6) is 0 Å². The van der Waals surface area contributed by atoms with E-state index in [2.05, 4.69) is 5.32 Å². The summed E-state index contributed by atoms with van der Waals surface area (Å²) in [6, 6.07) is 11.4. The molecular formula is C17H19N3O4S. The zero-order valence-corrected chi connectivity index (χ0v) is 14.9. The van der Waals surface area contributed by atoms with Crippen LogP contribution < -0.4 is 15.6 Å². The summed E-state index contributed by atoms with van der Waals surface area (Å²) >= 11 is 0. The molecule has 0 saturated carbocycles. The molecule has 8 heteroatoms. The van der Waals surface area contributed by atoms with E-state index in [4.69, 9.17) is 0 Å². The SMILES string of the molecule is Cc1ccc(NC(=O)C(=O)NNS(=O)(=O)c2ccc(C)c(C)c2)cc1. The van der Waals surface area contributed by atoms with Gasteiger partial charge in [0.15, 0.2) is 0 Å². The van der Waals surface area contributed by atoms with Crippen molar-refractivity contribution in [1.29, 1.82) is 0 Å². The highest BCUT2D eigenvalue weighted by Gasteiger charge is 2.19. The fraction of sp³-hybridized carbons (Fsp3) is 0.176. The third-order valence-electron chi connectivity index (χ3n) is 3.60. The average molecular weight is 361 g/mol. The van der Waals surface area contributed by atoms with Crippen LogP contribution in [0, 0.1) is 20.8 Å². The molecule has 3 N–H and O–H groups in total. The van der Waals surface area contributed by atoms with Gasteiger partial charge in [0.05, 0.1) is 4.90 Å². The minimum absolute atomic E-state index is 0.00478. The number of aryl methyl sites for hydroxylation is 3. The van der Waals surface area contributed by atoms with Crippen molar-refractivity contribution >= 4 is 27.5 Å². The summed E-state index contributed by atoms with van der Waals surface area (Å²) in [6.45, 7) is 5.53. The van der Waals surface area contributed by atoms with Crippen LogP contribution in [0.2, 0.25) is 0 Å². The Morgan fingerprint density at radius 1 is 0.840 bits per heavy atom. The lowest BCUT2D eigenvalue weighted by Gasteiger charge is -2.10. The van der Waals surface area contributed by atoms with Crippen molar-refractivity contribution in [2.24, 2.45) is 0 Å². The van der Waals surface area contributed by atoms with Crippen molar-refractivity contribution < 1.29 is 18.0 Å². The van der Waals surface area contributed by atoms with E-state index in [1.54, 1.807) is 37.3 Å². The fourth-order valence-corrected chi connectivity index (χ4v) is 2.86. The van der Waals surface area contributed by atoms with Gasteiger partial charge in [-0.2, -0.15) is 0 Å². The number of anilines is 1. The molecule has 0 radical (unpaired) electrons. The summed E-state index contributed by atoms with van der Waals surface area (Å²) in [4.78, 5) is 25.5. The summed E-state index contributed by atoms with van der Waals surface area (Å²) < 4.78 is 24.3. The number of sulfonamides is 1. The standard InChI is InChI=1S/C17H19N3O4S/c1-11-4-7-14(8-5-11)18-16(21)17(22)19-20-25(23,24)15-9-6-12(2)13(3)10-15/h4-10,20H,1-3H3,(H,18,21)(H,19,22). The van der Waals surface area contributed by atoms with Crippen molar-refractivity contribution in [2.45, 2.75) is 25.7 Å². The Balaban J connectivity index is 1.99. The van der Waals surface area contributed by atoms with E-state index in [1.807, 2.05) is 24.1 Å². The van der Waals surface area contributed by atoms with Gasteiger partial charge in [-0.05, 0) is 56.2 Å². The maximum Gasteiger partial charge on any atom is 0.324 e. The predicted molar refractivity (Wildman–Crippen MR) is 94.2 cm³/mol. The molecule has 2 aromatic carbocycles. The van der Waals surface area contributed by atoms with Gasteiger partial charge < -0.3 is 5.32 Å². The number of benzene rings is 2. The van der Waals surface area contributed by atoms with Crippen LogP contribution in [-0.2, 0) is 19.6 Å². The summed E-state index contributed by atoms with van der Waals surface area (Å²) in [5.74, 6) is -2.10. The number of hydrogen-bond donors (Lipinski definition) is 3. The lowest BCUT2D eigenvalue weighted by Crippen LogP contribution is -2.46. The molecule has 0 aromatic heterocycles.